The first-order valence-corrected chi connectivity index (χ1v) is 4.94. The molecule has 0 radical (unpaired) electrons. The van der Waals surface area contributed by atoms with Gasteiger partial charge < -0.3 is 14.2 Å². The van der Waals surface area contributed by atoms with Gasteiger partial charge in [-0.1, -0.05) is 0 Å². The topological polar surface area (TPSA) is 44.8 Å². The summed E-state index contributed by atoms with van der Waals surface area (Å²) >= 11 is 0. The predicted octanol–water partition coefficient (Wildman–Crippen LogP) is 0.289. The van der Waals surface area contributed by atoms with Crippen molar-refractivity contribution in [2.45, 2.75) is 49.8 Å². The van der Waals surface area contributed by atoms with E-state index in [2.05, 4.69) is 0 Å². The molecule has 2 bridgehead atoms. The number of hydrogen-bond donors (Lipinski definition) is 0. The molecule has 0 aromatic carbocycles. The summed E-state index contributed by atoms with van der Waals surface area (Å²) in [5.41, 5.74) is -1.13. The van der Waals surface area contributed by atoms with E-state index in [1.807, 2.05) is 13.8 Å². The summed E-state index contributed by atoms with van der Waals surface area (Å²) in [5.74, 6) is 0.0794. The second-order valence-corrected chi connectivity index (χ2v) is 4.80. The van der Waals surface area contributed by atoms with Crippen LogP contribution in [0.3, 0.4) is 0 Å². The zero-order valence-corrected chi connectivity index (χ0v) is 8.57. The van der Waals surface area contributed by atoms with Gasteiger partial charge in [0.05, 0.1) is 6.10 Å². The van der Waals surface area contributed by atoms with Crippen molar-refractivity contribution in [3.8, 4) is 0 Å². The second kappa shape index (κ2) is 2.21. The lowest BCUT2D eigenvalue weighted by Crippen LogP contribution is -2.68. The average molecular weight is 198 g/mol. The maximum Gasteiger partial charge on any atom is 0.196 e. The molecule has 0 saturated carbocycles. The molecule has 0 N–H and O–H groups in total. The van der Waals surface area contributed by atoms with E-state index in [-0.39, 0.29) is 24.1 Å². The summed E-state index contributed by atoms with van der Waals surface area (Å²) in [4.78, 5) is 11.9. The van der Waals surface area contributed by atoms with Gasteiger partial charge in [0.25, 0.3) is 0 Å². The minimum Gasteiger partial charge on any atom is -0.379 e. The zero-order chi connectivity index (χ0) is 10.1. The normalized spacial score (nSPS) is 59.9. The molecule has 78 valence electrons. The highest BCUT2D eigenvalue weighted by atomic mass is 16.7. The van der Waals surface area contributed by atoms with Crippen molar-refractivity contribution in [3.63, 3.8) is 0 Å². The van der Waals surface area contributed by atoms with E-state index >= 15 is 0 Å². The van der Waals surface area contributed by atoms with E-state index in [0.717, 1.165) is 0 Å². The highest BCUT2D eigenvalue weighted by molar-refractivity contribution is 5.96. The van der Waals surface area contributed by atoms with Gasteiger partial charge in [0.2, 0.25) is 0 Å². The molecule has 3 aliphatic heterocycles. The van der Waals surface area contributed by atoms with Crippen LogP contribution in [0, 0.1) is 0 Å². The van der Waals surface area contributed by atoms with Gasteiger partial charge in [-0.25, -0.2) is 0 Å². The van der Waals surface area contributed by atoms with Crippen molar-refractivity contribution in [3.05, 3.63) is 0 Å². The lowest BCUT2D eigenvalue weighted by molar-refractivity contribution is -0.326. The maximum absolute atomic E-state index is 11.9. The Morgan fingerprint density at radius 1 is 1.50 bits per heavy atom. The van der Waals surface area contributed by atoms with Crippen LogP contribution in [-0.4, -0.2) is 42.4 Å². The third-order valence-corrected chi connectivity index (χ3v) is 3.80. The number of fused-ring (bicyclic) bond motifs is 1. The molecule has 3 heterocycles. The lowest BCUT2D eigenvalue weighted by atomic mass is 9.83. The number of ether oxygens (including phenoxy) is 3. The lowest BCUT2D eigenvalue weighted by Gasteiger charge is -2.52. The summed E-state index contributed by atoms with van der Waals surface area (Å²) < 4.78 is 16.7. The standard InChI is InChI=1S/C10H14O4/c1-9-4-5(12-3)7-10(2,14-9)8(13-7)6(9)11/h5,7-8H,4H2,1-3H3/t5-,7-,8+,9-,10+/m0/s1. The number of carbonyl (C=O) groups excluding carboxylic acids is 1. The molecule has 0 aromatic heterocycles. The van der Waals surface area contributed by atoms with Crippen molar-refractivity contribution >= 4 is 5.78 Å². The molecular weight excluding hydrogens is 184 g/mol. The van der Waals surface area contributed by atoms with Gasteiger partial charge in [-0.05, 0) is 13.8 Å². The Balaban J connectivity index is 2.05. The Bertz CT molecular complexity index is 315. The minimum absolute atomic E-state index is 0.0125. The Kier molecular flexibility index (Phi) is 1.39. The third kappa shape index (κ3) is 0.710. The van der Waals surface area contributed by atoms with Gasteiger partial charge in [-0.15, -0.1) is 0 Å². The molecule has 3 saturated heterocycles. The van der Waals surface area contributed by atoms with Gasteiger partial charge in [-0.2, -0.15) is 0 Å². The Morgan fingerprint density at radius 3 is 2.86 bits per heavy atom. The number of methoxy groups -OCH3 is 1. The fraction of sp³-hybridized carbons (Fsp3) is 0.900. The monoisotopic (exact) mass is 198 g/mol. The van der Waals surface area contributed by atoms with Crippen LogP contribution in [0.2, 0.25) is 0 Å². The van der Waals surface area contributed by atoms with E-state index in [4.69, 9.17) is 14.2 Å². The summed E-state index contributed by atoms with van der Waals surface area (Å²) in [6.45, 7) is 3.78. The first kappa shape index (κ1) is 8.83. The van der Waals surface area contributed by atoms with E-state index in [9.17, 15) is 4.79 Å². The zero-order valence-electron chi connectivity index (χ0n) is 8.57. The van der Waals surface area contributed by atoms with Crippen molar-refractivity contribution in [2.75, 3.05) is 7.11 Å². The molecule has 0 amide bonds. The molecule has 3 fully saturated rings. The van der Waals surface area contributed by atoms with Crippen LogP contribution in [0.4, 0.5) is 0 Å². The van der Waals surface area contributed by atoms with Crippen LogP contribution in [0.5, 0.6) is 0 Å². The number of Topliss-reactive ketones (excluding diaryl/α,β-unsaturated/α-hetero) is 1. The molecule has 4 nitrogen and oxygen atoms in total. The maximum atomic E-state index is 11.9. The van der Waals surface area contributed by atoms with Gasteiger partial charge in [0.1, 0.15) is 17.3 Å². The van der Waals surface area contributed by atoms with Crippen LogP contribution < -0.4 is 0 Å². The Hall–Kier alpha value is -0.450. The van der Waals surface area contributed by atoms with E-state index in [0.29, 0.717) is 6.42 Å². The molecule has 4 heteroatoms. The second-order valence-electron chi connectivity index (χ2n) is 4.80. The summed E-state index contributed by atoms with van der Waals surface area (Å²) in [6.07, 6.45) is 0.162. The quantitative estimate of drug-likeness (QED) is 0.607. The smallest absolute Gasteiger partial charge is 0.196 e. The number of ketones is 1. The fourth-order valence-corrected chi connectivity index (χ4v) is 3.04. The average Bonchev–Trinajstić information content (AvgIpc) is 2.25. The molecule has 0 unspecified atom stereocenters. The van der Waals surface area contributed by atoms with Gasteiger partial charge in [0.15, 0.2) is 11.9 Å². The van der Waals surface area contributed by atoms with Gasteiger partial charge in [-0.3, -0.25) is 4.79 Å². The highest BCUT2D eigenvalue weighted by Crippen LogP contribution is 2.55. The van der Waals surface area contributed by atoms with E-state index < -0.39 is 11.2 Å². The Morgan fingerprint density at radius 2 is 2.21 bits per heavy atom. The minimum atomic E-state index is -0.687. The molecule has 14 heavy (non-hydrogen) atoms. The van der Waals surface area contributed by atoms with Crippen molar-refractivity contribution < 1.29 is 19.0 Å². The molecular formula is C10H14O4. The number of rotatable bonds is 1. The first-order chi connectivity index (χ1) is 6.51. The summed E-state index contributed by atoms with van der Waals surface area (Å²) in [6, 6.07) is 0. The number of carbonyl (C=O) groups is 1. The molecule has 3 rings (SSSR count). The van der Waals surface area contributed by atoms with Crippen molar-refractivity contribution in [2.24, 2.45) is 0 Å². The van der Waals surface area contributed by atoms with Crippen LogP contribution >= 0.6 is 0 Å². The highest BCUT2D eigenvalue weighted by Gasteiger charge is 2.74. The Labute approximate surface area is 82.5 Å². The van der Waals surface area contributed by atoms with E-state index in [1.54, 1.807) is 7.11 Å². The summed E-state index contributed by atoms with van der Waals surface area (Å²) in [5, 5.41) is 0. The van der Waals surface area contributed by atoms with Gasteiger partial charge in [0, 0.05) is 13.5 Å². The van der Waals surface area contributed by atoms with Crippen molar-refractivity contribution in [1.29, 1.82) is 0 Å². The van der Waals surface area contributed by atoms with E-state index in [1.165, 1.54) is 0 Å². The first-order valence-electron chi connectivity index (χ1n) is 4.94. The SMILES string of the molecule is CO[C@H]1C[C@]2(C)O[C@@]3(C)[C@H](O[C@@H]13)C2=O. The van der Waals surface area contributed by atoms with Crippen LogP contribution in [0.1, 0.15) is 20.3 Å². The predicted molar refractivity (Wildman–Crippen MR) is 47.0 cm³/mol. The summed E-state index contributed by atoms with van der Waals surface area (Å²) in [7, 11) is 1.66. The van der Waals surface area contributed by atoms with Crippen LogP contribution in [0.25, 0.3) is 0 Å². The molecule has 0 spiro atoms. The number of hydrogen-bond acceptors (Lipinski definition) is 4. The van der Waals surface area contributed by atoms with Crippen LogP contribution in [0.15, 0.2) is 0 Å². The fourth-order valence-electron chi connectivity index (χ4n) is 3.04. The molecule has 3 aliphatic rings. The van der Waals surface area contributed by atoms with Gasteiger partial charge >= 0.3 is 0 Å². The van der Waals surface area contributed by atoms with Crippen LogP contribution in [-0.2, 0) is 19.0 Å². The molecule has 0 aliphatic carbocycles. The largest absolute Gasteiger partial charge is 0.379 e. The van der Waals surface area contributed by atoms with Crippen molar-refractivity contribution in [1.82, 2.24) is 0 Å². The molecule has 5 atom stereocenters. The molecule has 0 aromatic rings. The third-order valence-electron chi connectivity index (χ3n) is 3.80.